The van der Waals surface area contributed by atoms with Gasteiger partial charge >= 0.3 is 5.97 Å². The lowest BCUT2D eigenvalue weighted by Gasteiger charge is -2.08. The largest absolute Gasteiger partial charge is 0.478 e. The number of hydrogen-bond donors (Lipinski definition) is 2. The first-order chi connectivity index (χ1) is 11.8. The number of aromatic carboxylic acids is 1. The number of carbonyl (C=O) groups is 2. The molecule has 0 saturated heterocycles. The maximum absolute atomic E-state index is 12.2. The minimum Gasteiger partial charge on any atom is -0.478 e. The lowest BCUT2D eigenvalue weighted by atomic mass is 10.1. The zero-order valence-electron chi connectivity index (χ0n) is 15.2. The van der Waals surface area contributed by atoms with Crippen molar-refractivity contribution in [2.24, 2.45) is 5.92 Å². The minimum atomic E-state index is -1.01. The van der Waals surface area contributed by atoms with Gasteiger partial charge in [-0.25, -0.2) is 4.79 Å². The van der Waals surface area contributed by atoms with Gasteiger partial charge in [-0.15, -0.1) is 0 Å². The van der Waals surface area contributed by atoms with Gasteiger partial charge in [-0.2, -0.15) is 5.10 Å². The summed E-state index contributed by atoms with van der Waals surface area (Å²) in [4.78, 5) is 23.2. The van der Waals surface area contributed by atoms with Gasteiger partial charge in [0, 0.05) is 24.3 Å². The van der Waals surface area contributed by atoms with Crippen LogP contribution in [-0.2, 0) is 17.8 Å². The average Bonchev–Trinajstić information content (AvgIpc) is 2.79. The molecule has 0 aliphatic carbocycles. The first-order valence-corrected chi connectivity index (χ1v) is 8.44. The third-order valence-corrected chi connectivity index (χ3v) is 4.06. The molecule has 2 rings (SSSR count). The van der Waals surface area contributed by atoms with Crippen molar-refractivity contribution in [2.75, 3.05) is 5.32 Å². The number of nitrogens with zero attached hydrogens (tertiary/aromatic N) is 2. The topological polar surface area (TPSA) is 84.2 Å². The number of aryl methyl sites for hydroxylation is 1. The van der Waals surface area contributed by atoms with Crippen molar-refractivity contribution in [1.82, 2.24) is 9.78 Å². The van der Waals surface area contributed by atoms with Gasteiger partial charge < -0.3 is 10.4 Å². The number of aromatic nitrogens is 2. The van der Waals surface area contributed by atoms with Gasteiger partial charge in [0.15, 0.2) is 0 Å². The summed E-state index contributed by atoms with van der Waals surface area (Å²) in [6.45, 7) is 9.16. The molecule has 1 aromatic heterocycles. The molecule has 1 heterocycles. The Bertz CT molecular complexity index is 778. The molecule has 0 unspecified atom stereocenters. The van der Waals surface area contributed by atoms with Gasteiger partial charge in [0.2, 0.25) is 5.91 Å². The summed E-state index contributed by atoms with van der Waals surface area (Å²) in [6.07, 6.45) is 0.937. The second kappa shape index (κ2) is 7.96. The van der Waals surface area contributed by atoms with E-state index in [1.165, 1.54) is 12.1 Å². The van der Waals surface area contributed by atoms with E-state index in [9.17, 15) is 9.59 Å². The Morgan fingerprint density at radius 3 is 2.64 bits per heavy atom. The third-order valence-electron chi connectivity index (χ3n) is 4.06. The molecule has 0 fully saturated rings. The Kier molecular flexibility index (Phi) is 5.96. The molecule has 0 aliphatic rings. The highest BCUT2D eigenvalue weighted by Crippen LogP contribution is 2.17. The van der Waals surface area contributed by atoms with Crippen molar-refractivity contribution >= 4 is 17.6 Å². The number of carbonyl (C=O) groups excluding carboxylic acids is 1. The van der Waals surface area contributed by atoms with E-state index >= 15 is 0 Å². The third kappa shape index (κ3) is 4.92. The Morgan fingerprint density at radius 2 is 2.00 bits per heavy atom. The SMILES string of the molecule is Cc1nn(CC(C)C)c(C)c1CCC(=O)Nc1cccc(C(=O)O)c1. The first-order valence-electron chi connectivity index (χ1n) is 8.44. The molecule has 0 saturated carbocycles. The van der Waals surface area contributed by atoms with Crippen LogP contribution < -0.4 is 5.32 Å². The normalized spacial score (nSPS) is 10.9. The monoisotopic (exact) mass is 343 g/mol. The predicted molar refractivity (Wildman–Crippen MR) is 96.9 cm³/mol. The molecule has 25 heavy (non-hydrogen) atoms. The highest BCUT2D eigenvalue weighted by molar-refractivity contribution is 5.93. The number of hydrogen-bond acceptors (Lipinski definition) is 3. The molecule has 0 radical (unpaired) electrons. The summed E-state index contributed by atoms with van der Waals surface area (Å²) in [5.74, 6) is -0.645. The second-order valence-electron chi connectivity index (χ2n) is 6.66. The van der Waals surface area contributed by atoms with Crippen molar-refractivity contribution < 1.29 is 14.7 Å². The Hall–Kier alpha value is -2.63. The van der Waals surface area contributed by atoms with E-state index in [-0.39, 0.29) is 11.5 Å². The summed E-state index contributed by atoms with van der Waals surface area (Å²) in [5.41, 5.74) is 3.81. The minimum absolute atomic E-state index is 0.141. The van der Waals surface area contributed by atoms with Gasteiger partial charge in [-0.3, -0.25) is 9.48 Å². The summed E-state index contributed by atoms with van der Waals surface area (Å²) < 4.78 is 2.00. The van der Waals surface area contributed by atoms with E-state index in [2.05, 4.69) is 24.3 Å². The van der Waals surface area contributed by atoms with E-state index in [1.54, 1.807) is 12.1 Å². The Morgan fingerprint density at radius 1 is 1.28 bits per heavy atom. The Labute approximate surface area is 147 Å². The highest BCUT2D eigenvalue weighted by Gasteiger charge is 2.14. The fourth-order valence-electron chi connectivity index (χ4n) is 2.81. The van der Waals surface area contributed by atoms with Gasteiger partial charge in [0.05, 0.1) is 11.3 Å². The van der Waals surface area contributed by atoms with Crippen molar-refractivity contribution in [2.45, 2.75) is 47.1 Å². The average molecular weight is 343 g/mol. The number of rotatable bonds is 7. The number of amides is 1. The molecular formula is C19H25N3O3. The number of anilines is 1. The fourth-order valence-corrected chi connectivity index (χ4v) is 2.81. The Balaban J connectivity index is 2.00. The van der Waals surface area contributed by atoms with E-state index in [1.807, 2.05) is 18.5 Å². The standard InChI is InChI=1S/C19H25N3O3/c1-12(2)11-22-14(4)17(13(3)21-22)8-9-18(23)20-16-7-5-6-15(10-16)19(24)25/h5-7,10,12H,8-9,11H2,1-4H3,(H,20,23)(H,24,25). The van der Waals surface area contributed by atoms with Crippen LogP contribution in [0.4, 0.5) is 5.69 Å². The molecule has 0 aliphatic heterocycles. The molecule has 6 nitrogen and oxygen atoms in total. The van der Waals surface area contributed by atoms with Crippen molar-refractivity contribution in [3.63, 3.8) is 0 Å². The van der Waals surface area contributed by atoms with E-state index in [0.29, 0.717) is 24.4 Å². The van der Waals surface area contributed by atoms with Crippen LogP contribution >= 0.6 is 0 Å². The predicted octanol–water partition coefficient (Wildman–Crippen LogP) is 3.43. The van der Waals surface area contributed by atoms with Crippen molar-refractivity contribution in [1.29, 1.82) is 0 Å². The number of benzene rings is 1. The maximum atomic E-state index is 12.2. The van der Waals surface area contributed by atoms with E-state index < -0.39 is 5.97 Å². The molecule has 1 amide bonds. The number of carboxylic acids is 1. The van der Waals surface area contributed by atoms with E-state index in [4.69, 9.17) is 5.11 Å². The van der Waals surface area contributed by atoms with Crippen LogP contribution in [0.1, 0.15) is 47.6 Å². The molecule has 2 aromatic rings. The molecule has 0 atom stereocenters. The maximum Gasteiger partial charge on any atom is 0.335 e. The molecular weight excluding hydrogens is 318 g/mol. The van der Waals surface area contributed by atoms with Crippen LogP contribution in [0.5, 0.6) is 0 Å². The van der Waals surface area contributed by atoms with Gasteiger partial charge in [-0.1, -0.05) is 19.9 Å². The van der Waals surface area contributed by atoms with Crippen molar-refractivity contribution in [3.8, 4) is 0 Å². The second-order valence-corrected chi connectivity index (χ2v) is 6.66. The lowest BCUT2D eigenvalue weighted by molar-refractivity contribution is -0.116. The van der Waals surface area contributed by atoms with Gasteiger partial charge in [0.25, 0.3) is 0 Å². The molecule has 2 N–H and O–H groups in total. The van der Waals surface area contributed by atoms with Crippen LogP contribution in [0.25, 0.3) is 0 Å². The number of carboxylic acid groups (broad SMARTS) is 1. The summed E-state index contributed by atoms with van der Waals surface area (Å²) in [6, 6.07) is 6.25. The molecule has 134 valence electrons. The summed E-state index contributed by atoms with van der Waals surface area (Å²) in [5, 5.41) is 16.3. The van der Waals surface area contributed by atoms with Crippen LogP contribution in [0, 0.1) is 19.8 Å². The quantitative estimate of drug-likeness (QED) is 0.807. The molecule has 1 aromatic carbocycles. The van der Waals surface area contributed by atoms with Crippen LogP contribution in [0.2, 0.25) is 0 Å². The fraction of sp³-hybridized carbons (Fsp3) is 0.421. The molecule has 0 spiro atoms. The highest BCUT2D eigenvalue weighted by atomic mass is 16.4. The van der Waals surface area contributed by atoms with Crippen molar-refractivity contribution in [3.05, 3.63) is 46.8 Å². The van der Waals surface area contributed by atoms with E-state index in [0.717, 1.165) is 23.5 Å². The first kappa shape index (κ1) is 18.7. The van der Waals surface area contributed by atoms with Crippen LogP contribution in [0.15, 0.2) is 24.3 Å². The van der Waals surface area contributed by atoms with Crippen LogP contribution in [0.3, 0.4) is 0 Å². The summed E-state index contributed by atoms with van der Waals surface area (Å²) >= 11 is 0. The zero-order valence-corrected chi connectivity index (χ0v) is 15.2. The van der Waals surface area contributed by atoms with Crippen LogP contribution in [-0.4, -0.2) is 26.8 Å². The lowest BCUT2D eigenvalue weighted by Crippen LogP contribution is -2.13. The zero-order chi connectivity index (χ0) is 18.6. The molecule has 0 bridgehead atoms. The van der Waals surface area contributed by atoms with Gasteiger partial charge in [-0.05, 0) is 49.9 Å². The smallest absolute Gasteiger partial charge is 0.335 e. The number of nitrogens with one attached hydrogen (secondary N) is 1. The van der Waals surface area contributed by atoms with Gasteiger partial charge in [0.1, 0.15) is 0 Å². The molecule has 6 heteroatoms. The summed E-state index contributed by atoms with van der Waals surface area (Å²) in [7, 11) is 0.